The Labute approximate surface area is 149 Å². The Morgan fingerprint density at radius 2 is 1.72 bits per heavy atom. The number of hydrogen-bond donors (Lipinski definition) is 1. The first-order valence-corrected chi connectivity index (χ1v) is 9.02. The van der Waals surface area contributed by atoms with Crippen molar-refractivity contribution < 1.29 is 14.1 Å². The van der Waals surface area contributed by atoms with E-state index in [-0.39, 0.29) is 17.4 Å². The molecule has 132 valence electrons. The molecular formula is C18H19FN2O3S. The second kappa shape index (κ2) is 9.78. The van der Waals surface area contributed by atoms with Gasteiger partial charge in [0.05, 0.1) is 10.7 Å². The molecule has 2 rings (SSSR count). The molecule has 25 heavy (non-hydrogen) atoms. The van der Waals surface area contributed by atoms with Gasteiger partial charge >= 0.3 is 0 Å². The van der Waals surface area contributed by atoms with Gasteiger partial charge in [-0.25, -0.2) is 4.39 Å². The number of aryl methyl sites for hydroxylation is 1. The molecule has 2 aromatic rings. The summed E-state index contributed by atoms with van der Waals surface area (Å²) in [4.78, 5) is 21.9. The van der Waals surface area contributed by atoms with Crippen LogP contribution in [-0.2, 0) is 17.0 Å². The van der Waals surface area contributed by atoms with E-state index in [9.17, 15) is 19.3 Å². The van der Waals surface area contributed by atoms with Crippen LogP contribution in [0.25, 0.3) is 0 Å². The number of nitro benzene ring substituents is 1. The van der Waals surface area contributed by atoms with Crippen LogP contribution in [0.3, 0.4) is 0 Å². The lowest BCUT2D eigenvalue weighted by molar-refractivity contribution is -0.384. The molecule has 1 amide bonds. The summed E-state index contributed by atoms with van der Waals surface area (Å²) < 4.78 is 12.8. The van der Waals surface area contributed by atoms with E-state index in [0.29, 0.717) is 18.1 Å². The molecule has 0 unspecified atom stereocenters. The van der Waals surface area contributed by atoms with Crippen LogP contribution in [0.4, 0.5) is 10.1 Å². The first-order valence-electron chi connectivity index (χ1n) is 7.87. The predicted molar refractivity (Wildman–Crippen MR) is 97.0 cm³/mol. The zero-order chi connectivity index (χ0) is 18.1. The van der Waals surface area contributed by atoms with Crippen LogP contribution in [0.1, 0.15) is 17.5 Å². The van der Waals surface area contributed by atoms with Gasteiger partial charge in [-0.3, -0.25) is 14.9 Å². The highest BCUT2D eigenvalue weighted by atomic mass is 32.2. The lowest BCUT2D eigenvalue weighted by atomic mass is 10.1. The van der Waals surface area contributed by atoms with E-state index in [4.69, 9.17) is 0 Å². The standard InChI is InChI=1S/C18H19FN2O3S/c19-16-7-3-14(4-8-16)2-1-11-20-18(22)13-25-12-15-5-9-17(10-6-15)21(23)24/h3-10H,1-2,11-13H2,(H,20,22). The number of rotatable bonds is 9. The highest BCUT2D eigenvalue weighted by molar-refractivity contribution is 7.99. The maximum Gasteiger partial charge on any atom is 0.269 e. The maximum absolute atomic E-state index is 12.8. The lowest BCUT2D eigenvalue weighted by Gasteiger charge is -2.06. The third-order valence-corrected chi connectivity index (χ3v) is 4.53. The fraction of sp³-hybridized carbons (Fsp3) is 0.278. The first kappa shape index (κ1) is 18.9. The van der Waals surface area contributed by atoms with Crippen LogP contribution >= 0.6 is 11.8 Å². The van der Waals surface area contributed by atoms with Gasteiger partial charge in [0.2, 0.25) is 5.91 Å². The molecule has 2 aromatic carbocycles. The van der Waals surface area contributed by atoms with Gasteiger partial charge in [0.25, 0.3) is 5.69 Å². The third-order valence-electron chi connectivity index (χ3n) is 3.53. The Morgan fingerprint density at radius 1 is 1.08 bits per heavy atom. The van der Waals surface area contributed by atoms with E-state index < -0.39 is 4.92 Å². The van der Waals surface area contributed by atoms with Crippen LogP contribution in [0.5, 0.6) is 0 Å². The van der Waals surface area contributed by atoms with Crippen molar-refractivity contribution in [2.75, 3.05) is 12.3 Å². The van der Waals surface area contributed by atoms with E-state index >= 15 is 0 Å². The number of carbonyl (C=O) groups is 1. The zero-order valence-electron chi connectivity index (χ0n) is 13.6. The van der Waals surface area contributed by atoms with Gasteiger partial charge in [-0.2, -0.15) is 0 Å². The number of benzene rings is 2. The molecule has 0 radical (unpaired) electrons. The summed E-state index contributed by atoms with van der Waals surface area (Å²) in [6.45, 7) is 0.578. The molecule has 0 fully saturated rings. The molecule has 0 atom stereocenters. The molecule has 7 heteroatoms. The summed E-state index contributed by atoms with van der Waals surface area (Å²) in [5, 5.41) is 13.4. The SMILES string of the molecule is O=C(CSCc1ccc([N+](=O)[O-])cc1)NCCCc1ccc(F)cc1. The van der Waals surface area contributed by atoms with Crippen LogP contribution in [0, 0.1) is 15.9 Å². The van der Waals surface area contributed by atoms with Crippen molar-refractivity contribution in [1.82, 2.24) is 5.32 Å². The first-order chi connectivity index (χ1) is 12.0. The highest BCUT2D eigenvalue weighted by Crippen LogP contribution is 2.16. The third kappa shape index (κ3) is 6.93. The molecule has 0 aliphatic rings. The number of nitrogens with one attached hydrogen (secondary N) is 1. The van der Waals surface area contributed by atoms with Gasteiger partial charge < -0.3 is 5.32 Å². The molecule has 0 aliphatic carbocycles. The molecule has 5 nitrogen and oxygen atoms in total. The molecule has 1 N–H and O–H groups in total. The fourth-order valence-corrected chi connectivity index (χ4v) is 3.02. The number of halogens is 1. The van der Waals surface area contributed by atoms with Gasteiger partial charge in [-0.1, -0.05) is 24.3 Å². The van der Waals surface area contributed by atoms with Crippen LogP contribution in [0.15, 0.2) is 48.5 Å². The fourth-order valence-electron chi connectivity index (χ4n) is 2.20. The van der Waals surface area contributed by atoms with Crippen LogP contribution in [0.2, 0.25) is 0 Å². The molecular weight excluding hydrogens is 343 g/mol. The minimum atomic E-state index is -0.434. The quantitative estimate of drug-likeness (QED) is 0.419. The Morgan fingerprint density at radius 3 is 2.36 bits per heavy atom. The zero-order valence-corrected chi connectivity index (χ0v) is 14.4. The number of nitrogens with zero attached hydrogens (tertiary/aromatic N) is 1. The average Bonchev–Trinajstić information content (AvgIpc) is 2.61. The molecule has 0 aromatic heterocycles. The molecule has 0 saturated carbocycles. The number of nitro groups is 1. The van der Waals surface area contributed by atoms with Crippen molar-refractivity contribution in [1.29, 1.82) is 0 Å². The summed E-state index contributed by atoms with van der Waals surface area (Å²) in [6, 6.07) is 12.7. The Balaban J connectivity index is 1.59. The minimum absolute atomic E-state index is 0.0361. The highest BCUT2D eigenvalue weighted by Gasteiger charge is 2.05. The molecule has 0 heterocycles. The summed E-state index contributed by atoms with van der Waals surface area (Å²) >= 11 is 1.46. The Bertz CT molecular complexity index is 705. The topological polar surface area (TPSA) is 72.2 Å². The molecule has 0 bridgehead atoms. The van der Waals surface area contributed by atoms with Crippen molar-refractivity contribution in [3.63, 3.8) is 0 Å². The lowest BCUT2D eigenvalue weighted by Crippen LogP contribution is -2.26. The number of non-ortho nitro benzene ring substituents is 1. The second-order valence-electron chi connectivity index (χ2n) is 5.50. The average molecular weight is 362 g/mol. The number of thioether (sulfide) groups is 1. The number of amides is 1. The Hall–Kier alpha value is -2.41. The van der Waals surface area contributed by atoms with Gasteiger partial charge in [0.15, 0.2) is 0 Å². The van der Waals surface area contributed by atoms with Crippen LogP contribution < -0.4 is 5.32 Å². The summed E-state index contributed by atoms with van der Waals surface area (Å²) in [7, 11) is 0. The Kier molecular flexibility index (Phi) is 7.40. The largest absolute Gasteiger partial charge is 0.355 e. The second-order valence-corrected chi connectivity index (χ2v) is 6.48. The summed E-state index contributed by atoms with van der Waals surface area (Å²) in [5.41, 5.74) is 2.05. The van der Waals surface area contributed by atoms with Crippen molar-refractivity contribution >= 4 is 23.4 Å². The van der Waals surface area contributed by atoms with Crippen molar-refractivity contribution in [3.05, 3.63) is 75.6 Å². The summed E-state index contributed by atoms with van der Waals surface area (Å²) in [6.07, 6.45) is 1.58. The number of hydrogen-bond acceptors (Lipinski definition) is 4. The monoisotopic (exact) mass is 362 g/mol. The van der Waals surface area contributed by atoms with Gasteiger partial charge in [-0.15, -0.1) is 11.8 Å². The van der Waals surface area contributed by atoms with E-state index in [0.717, 1.165) is 24.0 Å². The summed E-state index contributed by atoms with van der Waals surface area (Å²) in [5.74, 6) is 0.683. The van der Waals surface area contributed by atoms with Crippen molar-refractivity contribution in [3.8, 4) is 0 Å². The van der Waals surface area contributed by atoms with E-state index in [1.807, 2.05) is 0 Å². The molecule has 0 spiro atoms. The van der Waals surface area contributed by atoms with Crippen molar-refractivity contribution in [2.24, 2.45) is 0 Å². The minimum Gasteiger partial charge on any atom is -0.355 e. The van der Waals surface area contributed by atoms with Gasteiger partial charge in [0, 0.05) is 24.4 Å². The number of carbonyl (C=O) groups excluding carboxylic acids is 1. The predicted octanol–water partition coefficient (Wildman–Crippen LogP) is 3.72. The molecule has 0 aliphatic heterocycles. The smallest absolute Gasteiger partial charge is 0.269 e. The maximum atomic E-state index is 12.8. The molecule has 0 saturated heterocycles. The van der Waals surface area contributed by atoms with E-state index in [1.54, 1.807) is 24.3 Å². The van der Waals surface area contributed by atoms with E-state index in [2.05, 4.69) is 5.32 Å². The van der Waals surface area contributed by atoms with Gasteiger partial charge in [0.1, 0.15) is 5.82 Å². The van der Waals surface area contributed by atoms with E-state index in [1.165, 1.54) is 36.0 Å². The van der Waals surface area contributed by atoms with Crippen LogP contribution in [-0.4, -0.2) is 23.1 Å². The van der Waals surface area contributed by atoms with Gasteiger partial charge in [-0.05, 0) is 36.1 Å². The normalized spacial score (nSPS) is 10.4. The van der Waals surface area contributed by atoms with Crippen molar-refractivity contribution in [2.45, 2.75) is 18.6 Å².